The van der Waals surface area contributed by atoms with E-state index in [0.29, 0.717) is 6.04 Å². The van der Waals surface area contributed by atoms with E-state index in [1.165, 1.54) is 24.8 Å². The lowest BCUT2D eigenvalue weighted by atomic mass is 9.88. The van der Waals surface area contributed by atoms with Gasteiger partial charge in [0, 0.05) is 6.04 Å². The topological polar surface area (TPSA) is 12.0 Å². The fraction of sp³-hybridized carbons (Fsp3) is 0.647. The van der Waals surface area contributed by atoms with Crippen molar-refractivity contribution >= 4 is 0 Å². The van der Waals surface area contributed by atoms with E-state index in [1.54, 1.807) is 0 Å². The first-order valence-electron chi connectivity index (χ1n) is 7.47. The highest BCUT2D eigenvalue weighted by molar-refractivity contribution is 5.19. The van der Waals surface area contributed by atoms with Crippen molar-refractivity contribution in [1.29, 1.82) is 0 Å². The van der Waals surface area contributed by atoms with E-state index >= 15 is 0 Å². The zero-order chi connectivity index (χ0) is 13.4. The molecule has 0 heterocycles. The quantitative estimate of drug-likeness (QED) is 0.696. The SMILES string of the molecule is CCC(CC)C(NCCC(C)C)c1ccccc1. The van der Waals surface area contributed by atoms with Gasteiger partial charge in [-0.1, -0.05) is 70.9 Å². The second kappa shape index (κ2) is 8.31. The van der Waals surface area contributed by atoms with Crippen LogP contribution in [0, 0.1) is 11.8 Å². The Morgan fingerprint density at radius 3 is 2.11 bits per heavy atom. The lowest BCUT2D eigenvalue weighted by Gasteiger charge is -2.27. The molecule has 18 heavy (non-hydrogen) atoms. The Hall–Kier alpha value is -0.820. The molecule has 0 radical (unpaired) electrons. The molecular formula is C17H29N. The van der Waals surface area contributed by atoms with Crippen molar-refractivity contribution in [2.24, 2.45) is 11.8 Å². The molecule has 1 aromatic rings. The Labute approximate surface area is 113 Å². The summed E-state index contributed by atoms with van der Waals surface area (Å²) in [6.45, 7) is 10.3. The fourth-order valence-corrected chi connectivity index (χ4v) is 2.50. The number of hydrogen-bond donors (Lipinski definition) is 1. The van der Waals surface area contributed by atoms with Crippen molar-refractivity contribution in [2.75, 3.05) is 6.54 Å². The molecule has 1 rings (SSSR count). The van der Waals surface area contributed by atoms with Crippen LogP contribution in [0.3, 0.4) is 0 Å². The van der Waals surface area contributed by atoms with Gasteiger partial charge in [-0.05, 0) is 30.4 Å². The van der Waals surface area contributed by atoms with Crippen LogP contribution in [0.1, 0.15) is 58.6 Å². The average molecular weight is 247 g/mol. The molecule has 0 amide bonds. The Morgan fingerprint density at radius 2 is 1.61 bits per heavy atom. The third-order valence-corrected chi connectivity index (χ3v) is 3.76. The van der Waals surface area contributed by atoms with Gasteiger partial charge in [0.1, 0.15) is 0 Å². The first-order chi connectivity index (χ1) is 8.69. The predicted octanol–water partition coefficient (Wildman–Crippen LogP) is 4.80. The highest BCUT2D eigenvalue weighted by atomic mass is 14.9. The molecule has 1 heteroatoms. The van der Waals surface area contributed by atoms with Crippen molar-refractivity contribution in [1.82, 2.24) is 5.32 Å². The molecule has 1 aromatic carbocycles. The minimum Gasteiger partial charge on any atom is -0.310 e. The number of benzene rings is 1. The summed E-state index contributed by atoms with van der Waals surface area (Å²) in [6.07, 6.45) is 3.74. The molecule has 1 atom stereocenters. The molecule has 0 spiro atoms. The van der Waals surface area contributed by atoms with Crippen molar-refractivity contribution in [3.63, 3.8) is 0 Å². The fourth-order valence-electron chi connectivity index (χ4n) is 2.50. The third kappa shape index (κ3) is 4.81. The van der Waals surface area contributed by atoms with Crippen LogP contribution < -0.4 is 5.32 Å². The maximum atomic E-state index is 3.77. The summed E-state index contributed by atoms with van der Waals surface area (Å²) in [6, 6.07) is 11.4. The Kier molecular flexibility index (Phi) is 7.04. The summed E-state index contributed by atoms with van der Waals surface area (Å²) >= 11 is 0. The van der Waals surface area contributed by atoms with E-state index in [-0.39, 0.29) is 0 Å². The summed E-state index contributed by atoms with van der Waals surface area (Å²) < 4.78 is 0. The highest BCUT2D eigenvalue weighted by Crippen LogP contribution is 2.27. The van der Waals surface area contributed by atoms with Gasteiger partial charge in [0.05, 0.1) is 0 Å². The molecular weight excluding hydrogens is 218 g/mol. The lowest BCUT2D eigenvalue weighted by Crippen LogP contribution is -2.29. The van der Waals surface area contributed by atoms with Gasteiger partial charge in [-0.3, -0.25) is 0 Å². The molecule has 0 saturated heterocycles. The van der Waals surface area contributed by atoms with Gasteiger partial charge in [0.2, 0.25) is 0 Å². The normalized spacial score (nSPS) is 13.2. The van der Waals surface area contributed by atoms with Gasteiger partial charge in [0.15, 0.2) is 0 Å². The minimum absolute atomic E-state index is 0.514. The molecule has 0 aliphatic carbocycles. The zero-order valence-electron chi connectivity index (χ0n) is 12.4. The van der Waals surface area contributed by atoms with Crippen LogP contribution in [0.2, 0.25) is 0 Å². The smallest absolute Gasteiger partial charge is 0.0348 e. The molecule has 0 aromatic heterocycles. The standard InChI is InChI=1S/C17H29N/c1-5-15(6-2)17(18-13-12-14(3)4)16-10-8-7-9-11-16/h7-11,14-15,17-18H,5-6,12-13H2,1-4H3. The maximum absolute atomic E-state index is 3.77. The molecule has 0 aliphatic heterocycles. The first kappa shape index (κ1) is 15.2. The van der Waals surface area contributed by atoms with Crippen LogP contribution in [0.15, 0.2) is 30.3 Å². The molecule has 0 saturated carbocycles. The minimum atomic E-state index is 0.514. The van der Waals surface area contributed by atoms with Gasteiger partial charge in [-0.15, -0.1) is 0 Å². The van der Waals surface area contributed by atoms with E-state index < -0.39 is 0 Å². The molecule has 0 aliphatic rings. The highest BCUT2D eigenvalue weighted by Gasteiger charge is 2.19. The second-order valence-corrected chi connectivity index (χ2v) is 5.60. The summed E-state index contributed by atoms with van der Waals surface area (Å²) in [5.41, 5.74) is 1.44. The van der Waals surface area contributed by atoms with Crippen LogP contribution in [0.4, 0.5) is 0 Å². The van der Waals surface area contributed by atoms with Gasteiger partial charge >= 0.3 is 0 Å². The molecule has 1 unspecified atom stereocenters. The largest absolute Gasteiger partial charge is 0.310 e. The van der Waals surface area contributed by atoms with E-state index in [2.05, 4.69) is 63.3 Å². The van der Waals surface area contributed by atoms with Crippen LogP contribution >= 0.6 is 0 Å². The van der Waals surface area contributed by atoms with E-state index in [1.807, 2.05) is 0 Å². The Bertz CT molecular complexity index is 301. The lowest BCUT2D eigenvalue weighted by molar-refractivity contribution is 0.333. The third-order valence-electron chi connectivity index (χ3n) is 3.76. The maximum Gasteiger partial charge on any atom is 0.0348 e. The summed E-state index contributed by atoms with van der Waals surface area (Å²) in [5.74, 6) is 1.51. The number of nitrogens with one attached hydrogen (secondary N) is 1. The predicted molar refractivity (Wildman–Crippen MR) is 80.7 cm³/mol. The van der Waals surface area contributed by atoms with E-state index in [4.69, 9.17) is 0 Å². The monoisotopic (exact) mass is 247 g/mol. The van der Waals surface area contributed by atoms with Gasteiger partial charge in [-0.2, -0.15) is 0 Å². The number of rotatable bonds is 8. The summed E-state index contributed by atoms with van der Waals surface area (Å²) in [7, 11) is 0. The molecule has 102 valence electrons. The van der Waals surface area contributed by atoms with Gasteiger partial charge in [0.25, 0.3) is 0 Å². The molecule has 1 N–H and O–H groups in total. The Morgan fingerprint density at radius 1 is 1.00 bits per heavy atom. The summed E-state index contributed by atoms with van der Waals surface area (Å²) in [5, 5.41) is 3.77. The second-order valence-electron chi connectivity index (χ2n) is 5.60. The van der Waals surface area contributed by atoms with Crippen molar-refractivity contribution in [2.45, 2.75) is 53.0 Å². The number of hydrogen-bond acceptors (Lipinski definition) is 1. The van der Waals surface area contributed by atoms with Crippen molar-refractivity contribution in [3.8, 4) is 0 Å². The van der Waals surface area contributed by atoms with Crippen LogP contribution in [-0.4, -0.2) is 6.54 Å². The molecule has 0 fully saturated rings. The molecule has 1 nitrogen and oxygen atoms in total. The zero-order valence-corrected chi connectivity index (χ0v) is 12.4. The van der Waals surface area contributed by atoms with Crippen LogP contribution in [0.5, 0.6) is 0 Å². The van der Waals surface area contributed by atoms with Gasteiger partial charge in [-0.25, -0.2) is 0 Å². The molecule has 0 bridgehead atoms. The van der Waals surface area contributed by atoms with Gasteiger partial charge < -0.3 is 5.32 Å². The van der Waals surface area contributed by atoms with E-state index in [0.717, 1.165) is 18.4 Å². The van der Waals surface area contributed by atoms with E-state index in [9.17, 15) is 0 Å². The van der Waals surface area contributed by atoms with Crippen LogP contribution in [-0.2, 0) is 0 Å². The first-order valence-corrected chi connectivity index (χ1v) is 7.47. The van der Waals surface area contributed by atoms with Crippen LogP contribution in [0.25, 0.3) is 0 Å². The van der Waals surface area contributed by atoms with Crippen molar-refractivity contribution < 1.29 is 0 Å². The van der Waals surface area contributed by atoms with Crippen molar-refractivity contribution in [3.05, 3.63) is 35.9 Å². The average Bonchev–Trinajstić information content (AvgIpc) is 2.39. The Balaban J connectivity index is 2.69. The summed E-state index contributed by atoms with van der Waals surface area (Å²) in [4.78, 5) is 0.